The molecule has 2 aromatic carbocycles. The van der Waals surface area contributed by atoms with E-state index in [0.717, 1.165) is 10.2 Å². The average Bonchev–Trinajstić information content (AvgIpc) is 3.24. The van der Waals surface area contributed by atoms with E-state index in [9.17, 15) is 9.59 Å². The van der Waals surface area contributed by atoms with E-state index in [1.54, 1.807) is 41.5 Å². The molecule has 0 aliphatic rings. The second kappa shape index (κ2) is 7.87. The van der Waals surface area contributed by atoms with Crippen molar-refractivity contribution in [3.63, 3.8) is 0 Å². The van der Waals surface area contributed by atoms with E-state index >= 15 is 0 Å². The first-order chi connectivity index (χ1) is 13.7. The molecule has 4 rings (SSSR count). The molecule has 0 saturated carbocycles. The molecule has 0 fully saturated rings. The Labute approximate surface area is 160 Å². The zero-order valence-corrected chi connectivity index (χ0v) is 15.1. The van der Waals surface area contributed by atoms with Gasteiger partial charge in [0.2, 0.25) is 5.91 Å². The summed E-state index contributed by atoms with van der Waals surface area (Å²) in [6.45, 7) is 0.511. The van der Waals surface area contributed by atoms with Gasteiger partial charge in [-0.15, -0.1) is 5.10 Å². The van der Waals surface area contributed by atoms with Gasteiger partial charge in [-0.25, -0.2) is 4.68 Å². The molecule has 1 amide bonds. The fourth-order valence-corrected chi connectivity index (χ4v) is 2.98. The average molecular weight is 374 g/mol. The minimum Gasteiger partial charge on any atom is -0.467 e. The van der Waals surface area contributed by atoms with Crippen LogP contribution in [0.4, 0.5) is 0 Å². The Bertz CT molecular complexity index is 1140. The maximum atomic E-state index is 13.0. The largest absolute Gasteiger partial charge is 0.467 e. The van der Waals surface area contributed by atoms with Gasteiger partial charge in [-0.3, -0.25) is 9.59 Å². The highest BCUT2D eigenvalue weighted by atomic mass is 16.3. The van der Waals surface area contributed by atoms with E-state index in [0.29, 0.717) is 29.8 Å². The zero-order valence-electron chi connectivity index (χ0n) is 15.1. The molecule has 0 N–H and O–H groups in total. The molecule has 0 radical (unpaired) electrons. The number of hydrogen-bond donors (Lipinski definition) is 0. The van der Waals surface area contributed by atoms with E-state index in [2.05, 4.69) is 10.3 Å². The highest BCUT2D eigenvalue weighted by Gasteiger charge is 2.18. The smallest absolute Gasteiger partial charge is 0.278 e. The molecule has 28 heavy (non-hydrogen) atoms. The van der Waals surface area contributed by atoms with Crippen LogP contribution in [0.2, 0.25) is 0 Å². The Morgan fingerprint density at radius 1 is 0.964 bits per heavy atom. The van der Waals surface area contributed by atoms with Gasteiger partial charge >= 0.3 is 0 Å². The first-order valence-electron chi connectivity index (χ1n) is 8.87. The van der Waals surface area contributed by atoms with Crippen LogP contribution in [0.3, 0.4) is 0 Å². The van der Waals surface area contributed by atoms with Crippen molar-refractivity contribution in [3.8, 4) is 0 Å². The van der Waals surface area contributed by atoms with Gasteiger partial charge in [0.1, 0.15) is 17.8 Å². The summed E-state index contributed by atoms with van der Waals surface area (Å²) in [5.74, 6) is 0.424. The SMILES string of the molecule is O=C(Cn1nnc2ccccc2c1=O)N(Cc1ccccc1)Cc1ccco1. The number of hydrogen-bond acceptors (Lipinski definition) is 5. The number of aromatic nitrogens is 3. The Morgan fingerprint density at radius 3 is 2.54 bits per heavy atom. The van der Waals surface area contributed by atoms with Crippen LogP contribution in [-0.4, -0.2) is 25.8 Å². The lowest BCUT2D eigenvalue weighted by molar-refractivity contribution is -0.133. The summed E-state index contributed by atoms with van der Waals surface area (Å²) in [5, 5.41) is 8.39. The normalized spacial score (nSPS) is 10.9. The van der Waals surface area contributed by atoms with Crippen molar-refractivity contribution in [2.75, 3.05) is 0 Å². The molecule has 2 heterocycles. The van der Waals surface area contributed by atoms with E-state index in [1.165, 1.54) is 0 Å². The van der Waals surface area contributed by atoms with Crippen molar-refractivity contribution in [1.82, 2.24) is 19.9 Å². The summed E-state index contributed by atoms with van der Waals surface area (Å²) in [5.41, 5.74) is 1.16. The molecule has 7 nitrogen and oxygen atoms in total. The van der Waals surface area contributed by atoms with Crippen LogP contribution in [-0.2, 0) is 24.4 Å². The molecule has 140 valence electrons. The molecule has 2 aromatic heterocycles. The standard InChI is InChI=1S/C21H18N4O3/c26-20(15-25-21(27)18-10-4-5-11-19(18)22-23-25)24(14-17-9-6-12-28-17)13-16-7-2-1-3-8-16/h1-12H,13-15H2. The van der Waals surface area contributed by atoms with Gasteiger partial charge in [-0.1, -0.05) is 47.7 Å². The third-order valence-corrected chi connectivity index (χ3v) is 4.41. The Balaban J connectivity index is 1.60. The number of rotatable bonds is 6. The first-order valence-corrected chi connectivity index (χ1v) is 8.87. The lowest BCUT2D eigenvalue weighted by atomic mass is 10.2. The highest BCUT2D eigenvalue weighted by molar-refractivity contribution is 5.78. The predicted octanol–water partition coefficient (Wildman–Crippen LogP) is 2.61. The van der Waals surface area contributed by atoms with Crippen LogP contribution < -0.4 is 5.56 Å². The topological polar surface area (TPSA) is 81.2 Å². The van der Waals surface area contributed by atoms with E-state index in [-0.39, 0.29) is 18.0 Å². The van der Waals surface area contributed by atoms with Crippen LogP contribution in [0.1, 0.15) is 11.3 Å². The van der Waals surface area contributed by atoms with Crippen molar-refractivity contribution in [2.24, 2.45) is 0 Å². The second-order valence-electron chi connectivity index (χ2n) is 6.38. The minimum atomic E-state index is -0.336. The molecule has 0 bridgehead atoms. The third kappa shape index (κ3) is 3.83. The van der Waals surface area contributed by atoms with Gasteiger partial charge in [0, 0.05) is 6.54 Å². The zero-order chi connectivity index (χ0) is 19.3. The number of fused-ring (bicyclic) bond motifs is 1. The van der Waals surface area contributed by atoms with Gasteiger partial charge in [-0.05, 0) is 29.8 Å². The Morgan fingerprint density at radius 2 is 1.75 bits per heavy atom. The maximum Gasteiger partial charge on any atom is 0.278 e. The van der Waals surface area contributed by atoms with Gasteiger partial charge in [0.05, 0.1) is 18.2 Å². The van der Waals surface area contributed by atoms with Crippen molar-refractivity contribution < 1.29 is 9.21 Å². The summed E-state index contributed by atoms with van der Waals surface area (Å²) in [7, 11) is 0. The van der Waals surface area contributed by atoms with E-state index in [4.69, 9.17) is 4.42 Å². The van der Waals surface area contributed by atoms with Gasteiger partial charge in [-0.2, -0.15) is 0 Å². The number of nitrogens with zero attached hydrogens (tertiary/aromatic N) is 4. The molecule has 0 aliphatic heterocycles. The van der Waals surface area contributed by atoms with Crippen LogP contribution in [0.25, 0.3) is 10.9 Å². The number of carbonyl (C=O) groups excluding carboxylic acids is 1. The first kappa shape index (κ1) is 17.7. The van der Waals surface area contributed by atoms with Crippen molar-refractivity contribution in [3.05, 3.63) is 94.7 Å². The molecule has 4 aromatic rings. The number of amides is 1. The quantitative estimate of drug-likeness (QED) is 0.518. The van der Waals surface area contributed by atoms with Crippen molar-refractivity contribution in [1.29, 1.82) is 0 Å². The van der Waals surface area contributed by atoms with Crippen molar-refractivity contribution in [2.45, 2.75) is 19.6 Å². The van der Waals surface area contributed by atoms with Gasteiger partial charge in [0.25, 0.3) is 5.56 Å². The third-order valence-electron chi connectivity index (χ3n) is 4.41. The van der Waals surface area contributed by atoms with E-state index < -0.39 is 0 Å². The minimum absolute atomic E-state index is 0.190. The van der Waals surface area contributed by atoms with Crippen LogP contribution in [0.15, 0.2) is 82.2 Å². The summed E-state index contributed by atoms with van der Waals surface area (Å²) in [6.07, 6.45) is 1.57. The summed E-state index contributed by atoms with van der Waals surface area (Å²) < 4.78 is 6.50. The molecule has 0 aliphatic carbocycles. The lowest BCUT2D eigenvalue weighted by Crippen LogP contribution is -2.37. The number of furan rings is 1. The van der Waals surface area contributed by atoms with Gasteiger partial charge in [0.15, 0.2) is 0 Å². The maximum absolute atomic E-state index is 13.0. The fraction of sp³-hybridized carbons (Fsp3) is 0.143. The highest BCUT2D eigenvalue weighted by Crippen LogP contribution is 2.12. The Kier molecular flexibility index (Phi) is 4.97. The summed E-state index contributed by atoms with van der Waals surface area (Å²) >= 11 is 0. The number of carbonyl (C=O) groups is 1. The fourth-order valence-electron chi connectivity index (χ4n) is 2.98. The monoisotopic (exact) mass is 374 g/mol. The van der Waals surface area contributed by atoms with Gasteiger partial charge < -0.3 is 9.32 Å². The van der Waals surface area contributed by atoms with Crippen LogP contribution >= 0.6 is 0 Å². The number of benzene rings is 2. The van der Waals surface area contributed by atoms with E-state index in [1.807, 2.05) is 36.4 Å². The molecule has 0 unspecified atom stereocenters. The molecule has 0 saturated heterocycles. The second-order valence-corrected chi connectivity index (χ2v) is 6.38. The lowest BCUT2D eigenvalue weighted by Gasteiger charge is -2.22. The molecule has 0 spiro atoms. The molecular formula is C21H18N4O3. The molecule has 7 heteroatoms. The predicted molar refractivity (Wildman–Crippen MR) is 103 cm³/mol. The molecule has 0 atom stereocenters. The summed E-state index contributed by atoms with van der Waals surface area (Å²) in [6, 6.07) is 20.2. The Hall–Kier alpha value is -3.74. The van der Waals surface area contributed by atoms with Crippen molar-refractivity contribution >= 4 is 16.8 Å². The van der Waals surface area contributed by atoms with Crippen LogP contribution in [0.5, 0.6) is 0 Å². The molecular weight excluding hydrogens is 356 g/mol. The summed E-state index contributed by atoms with van der Waals surface area (Å²) in [4.78, 5) is 27.3. The van der Waals surface area contributed by atoms with Crippen LogP contribution in [0, 0.1) is 0 Å².